The van der Waals surface area contributed by atoms with Gasteiger partial charge in [0.05, 0.1) is 6.42 Å². The summed E-state index contributed by atoms with van der Waals surface area (Å²) in [5, 5.41) is 2.82. The molecule has 0 spiro atoms. The molecule has 2 rings (SSSR count). The maximum Gasteiger partial charge on any atom is 0.242 e. The highest BCUT2D eigenvalue weighted by atomic mass is 16.2. The lowest BCUT2D eigenvalue weighted by Crippen LogP contribution is -2.48. The van der Waals surface area contributed by atoms with Gasteiger partial charge in [0, 0.05) is 13.1 Å². The van der Waals surface area contributed by atoms with E-state index in [2.05, 4.69) is 11.4 Å². The van der Waals surface area contributed by atoms with Crippen molar-refractivity contribution in [2.45, 2.75) is 46.7 Å². The van der Waals surface area contributed by atoms with E-state index in [1.807, 2.05) is 63.2 Å². The number of nitrogens with zero attached hydrogens (tertiary/aromatic N) is 1. The second kappa shape index (κ2) is 9.18. The smallest absolute Gasteiger partial charge is 0.242 e. The first-order valence-corrected chi connectivity index (χ1v) is 9.09. The van der Waals surface area contributed by atoms with Crippen molar-refractivity contribution in [2.75, 3.05) is 6.54 Å². The second-order valence-electron chi connectivity index (χ2n) is 6.68. The highest BCUT2D eigenvalue weighted by Gasteiger charge is 2.26. The molecule has 0 radical (unpaired) electrons. The summed E-state index contributed by atoms with van der Waals surface area (Å²) in [5.41, 5.74) is 4.25. The van der Waals surface area contributed by atoms with Gasteiger partial charge in [0.2, 0.25) is 11.8 Å². The molecule has 0 fully saturated rings. The van der Waals surface area contributed by atoms with Crippen LogP contribution in [0.3, 0.4) is 0 Å². The number of amides is 2. The Bertz CT molecular complexity index is 770. The van der Waals surface area contributed by atoms with Crippen LogP contribution in [0.4, 0.5) is 0 Å². The summed E-state index contributed by atoms with van der Waals surface area (Å²) < 4.78 is 0. The van der Waals surface area contributed by atoms with Crippen LogP contribution in [0.1, 0.15) is 36.1 Å². The van der Waals surface area contributed by atoms with E-state index in [1.54, 1.807) is 11.8 Å². The van der Waals surface area contributed by atoms with E-state index in [0.717, 1.165) is 22.3 Å². The molecular formula is C22H28N2O2. The molecule has 0 heterocycles. The number of carbonyl (C=O) groups is 2. The fraction of sp³-hybridized carbons (Fsp3) is 0.364. The molecule has 2 aromatic rings. The van der Waals surface area contributed by atoms with E-state index >= 15 is 0 Å². The number of likely N-dealkylation sites (N-methyl/N-ethyl adjacent to an activating group) is 1. The van der Waals surface area contributed by atoms with Gasteiger partial charge in [-0.2, -0.15) is 0 Å². The predicted octanol–water partition coefficient (Wildman–Crippen LogP) is 3.40. The van der Waals surface area contributed by atoms with Crippen LogP contribution in [0.25, 0.3) is 0 Å². The van der Waals surface area contributed by atoms with Crippen LogP contribution in [-0.2, 0) is 22.6 Å². The zero-order valence-electron chi connectivity index (χ0n) is 16.1. The van der Waals surface area contributed by atoms with E-state index in [9.17, 15) is 9.59 Å². The van der Waals surface area contributed by atoms with Crippen LogP contribution < -0.4 is 5.32 Å². The summed E-state index contributed by atoms with van der Waals surface area (Å²) in [7, 11) is 0. The first-order chi connectivity index (χ1) is 12.4. The Morgan fingerprint density at radius 2 is 1.81 bits per heavy atom. The quantitative estimate of drug-likeness (QED) is 0.830. The zero-order chi connectivity index (χ0) is 19.1. The number of carbonyl (C=O) groups excluding carboxylic acids is 2. The highest BCUT2D eigenvalue weighted by Crippen LogP contribution is 2.15. The largest absolute Gasteiger partial charge is 0.355 e. The molecule has 0 aliphatic heterocycles. The summed E-state index contributed by atoms with van der Waals surface area (Å²) >= 11 is 0. The Morgan fingerprint density at radius 3 is 2.46 bits per heavy atom. The van der Waals surface area contributed by atoms with Crippen LogP contribution >= 0.6 is 0 Å². The van der Waals surface area contributed by atoms with Crippen LogP contribution in [0.5, 0.6) is 0 Å². The fourth-order valence-electron chi connectivity index (χ4n) is 2.98. The van der Waals surface area contributed by atoms with E-state index < -0.39 is 6.04 Å². The van der Waals surface area contributed by atoms with Gasteiger partial charge in [-0.3, -0.25) is 9.59 Å². The Morgan fingerprint density at radius 1 is 1.08 bits per heavy atom. The van der Waals surface area contributed by atoms with Gasteiger partial charge in [0.15, 0.2) is 0 Å². The zero-order valence-corrected chi connectivity index (χ0v) is 16.1. The molecule has 138 valence electrons. The molecule has 4 heteroatoms. The first-order valence-electron chi connectivity index (χ1n) is 9.09. The SMILES string of the molecule is CCNC(=O)[C@@H](C)N(Cc1cccc(C)c1)C(=O)Cc1ccccc1C. The van der Waals surface area contributed by atoms with E-state index in [1.165, 1.54) is 0 Å². The second-order valence-corrected chi connectivity index (χ2v) is 6.68. The normalized spacial score (nSPS) is 11.7. The van der Waals surface area contributed by atoms with Crippen LogP contribution in [-0.4, -0.2) is 29.3 Å². The number of rotatable bonds is 7. The highest BCUT2D eigenvalue weighted by molar-refractivity contribution is 5.88. The summed E-state index contributed by atoms with van der Waals surface area (Å²) in [6.07, 6.45) is 0.294. The Kier molecular flexibility index (Phi) is 6.96. The minimum atomic E-state index is -0.521. The van der Waals surface area contributed by atoms with Gasteiger partial charge in [-0.1, -0.05) is 54.1 Å². The molecule has 0 aliphatic carbocycles. The Hall–Kier alpha value is -2.62. The predicted molar refractivity (Wildman–Crippen MR) is 105 cm³/mol. The van der Waals surface area contributed by atoms with Gasteiger partial charge in [0.1, 0.15) is 6.04 Å². The monoisotopic (exact) mass is 352 g/mol. The maximum atomic E-state index is 13.1. The number of benzene rings is 2. The number of hydrogen-bond donors (Lipinski definition) is 1. The lowest BCUT2D eigenvalue weighted by Gasteiger charge is -2.29. The van der Waals surface area contributed by atoms with Gasteiger partial charge in [-0.15, -0.1) is 0 Å². The van der Waals surface area contributed by atoms with Crippen LogP contribution in [0, 0.1) is 13.8 Å². The lowest BCUT2D eigenvalue weighted by atomic mass is 10.0. The van der Waals surface area contributed by atoms with Crippen molar-refractivity contribution >= 4 is 11.8 Å². The van der Waals surface area contributed by atoms with Gasteiger partial charge >= 0.3 is 0 Å². The van der Waals surface area contributed by atoms with Gasteiger partial charge in [-0.25, -0.2) is 0 Å². The fourth-order valence-corrected chi connectivity index (χ4v) is 2.98. The molecule has 0 saturated carbocycles. The Labute approximate surface area is 156 Å². The standard InChI is InChI=1S/C22H28N2O2/c1-5-23-22(26)18(4)24(15-19-11-8-9-16(2)13-19)21(25)14-20-12-7-6-10-17(20)3/h6-13,18H,5,14-15H2,1-4H3,(H,23,26)/t18-/m1/s1. The minimum absolute atomic E-state index is 0.0421. The topological polar surface area (TPSA) is 49.4 Å². The van der Waals surface area contributed by atoms with Gasteiger partial charge in [-0.05, 0) is 44.4 Å². The first kappa shape index (κ1) is 19.7. The summed E-state index contributed by atoms with van der Waals surface area (Å²) in [4.78, 5) is 27.1. The van der Waals surface area contributed by atoms with E-state index in [4.69, 9.17) is 0 Å². The lowest BCUT2D eigenvalue weighted by molar-refractivity contribution is -0.140. The van der Waals surface area contributed by atoms with Crippen molar-refractivity contribution in [3.05, 3.63) is 70.8 Å². The third-order valence-corrected chi connectivity index (χ3v) is 4.56. The summed E-state index contributed by atoms with van der Waals surface area (Å²) in [6, 6.07) is 15.4. The Balaban J connectivity index is 2.25. The van der Waals surface area contributed by atoms with Crippen LogP contribution in [0.2, 0.25) is 0 Å². The molecule has 0 unspecified atom stereocenters. The molecule has 4 nitrogen and oxygen atoms in total. The molecule has 1 atom stereocenters. The average Bonchev–Trinajstić information content (AvgIpc) is 2.61. The summed E-state index contributed by atoms with van der Waals surface area (Å²) in [6.45, 7) is 8.66. The van der Waals surface area contributed by atoms with Crippen molar-refractivity contribution in [2.24, 2.45) is 0 Å². The average molecular weight is 352 g/mol. The third-order valence-electron chi connectivity index (χ3n) is 4.56. The molecular weight excluding hydrogens is 324 g/mol. The summed E-state index contributed by atoms with van der Waals surface area (Å²) in [5.74, 6) is -0.169. The molecule has 2 amide bonds. The van der Waals surface area contributed by atoms with Crippen LogP contribution in [0.15, 0.2) is 48.5 Å². The van der Waals surface area contributed by atoms with Crippen molar-refractivity contribution in [3.8, 4) is 0 Å². The van der Waals surface area contributed by atoms with Gasteiger partial charge in [0.25, 0.3) is 0 Å². The molecule has 0 aromatic heterocycles. The van der Waals surface area contributed by atoms with E-state index in [0.29, 0.717) is 19.5 Å². The van der Waals surface area contributed by atoms with E-state index in [-0.39, 0.29) is 11.8 Å². The van der Waals surface area contributed by atoms with Crippen molar-refractivity contribution < 1.29 is 9.59 Å². The van der Waals surface area contributed by atoms with Crippen molar-refractivity contribution in [1.82, 2.24) is 10.2 Å². The molecule has 0 bridgehead atoms. The molecule has 0 saturated heterocycles. The maximum absolute atomic E-state index is 13.1. The van der Waals surface area contributed by atoms with Crippen molar-refractivity contribution in [1.29, 1.82) is 0 Å². The molecule has 2 aromatic carbocycles. The molecule has 26 heavy (non-hydrogen) atoms. The molecule has 0 aliphatic rings. The number of aryl methyl sites for hydroxylation is 2. The van der Waals surface area contributed by atoms with Crippen molar-refractivity contribution in [3.63, 3.8) is 0 Å². The van der Waals surface area contributed by atoms with Gasteiger partial charge < -0.3 is 10.2 Å². The molecule has 1 N–H and O–H groups in total. The minimum Gasteiger partial charge on any atom is -0.355 e. The third kappa shape index (κ3) is 5.19. The number of hydrogen-bond acceptors (Lipinski definition) is 2. The number of nitrogens with one attached hydrogen (secondary N) is 1.